The first-order valence-corrected chi connectivity index (χ1v) is 11.9. The average molecular weight is 544 g/mol. The van der Waals surface area contributed by atoms with E-state index in [0.29, 0.717) is 17.0 Å². The molecule has 1 aromatic carbocycles. The van der Waals surface area contributed by atoms with Crippen molar-refractivity contribution < 1.29 is 49.2 Å². The summed E-state index contributed by atoms with van der Waals surface area (Å²) in [5.41, 5.74) is -3.80. The molecule has 2 heterocycles. The number of alkyl halides is 5. The first-order valence-electron chi connectivity index (χ1n) is 9.91. The van der Waals surface area contributed by atoms with E-state index in [2.05, 4.69) is 15.0 Å². The zero-order valence-electron chi connectivity index (χ0n) is 18.5. The lowest BCUT2D eigenvalue weighted by atomic mass is 9.99. The van der Waals surface area contributed by atoms with E-state index in [1.54, 1.807) is 0 Å². The van der Waals surface area contributed by atoms with Crippen LogP contribution in [0, 0.1) is 16.4 Å². The monoisotopic (exact) mass is 544 g/mol. The van der Waals surface area contributed by atoms with Crippen LogP contribution in [-0.4, -0.2) is 59.4 Å². The Hall–Kier alpha value is -3.14. The topological polar surface area (TPSA) is 105 Å². The van der Waals surface area contributed by atoms with Gasteiger partial charge in [-0.1, -0.05) is 0 Å². The molecule has 1 aliphatic rings. The van der Waals surface area contributed by atoms with Gasteiger partial charge in [0.05, 0.1) is 22.0 Å². The van der Waals surface area contributed by atoms with Gasteiger partial charge < -0.3 is 19.7 Å². The fraction of sp³-hybridized carbons (Fsp3) is 0.400. The van der Waals surface area contributed by atoms with E-state index in [0.717, 1.165) is 25.6 Å². The number of anilines is 2. The highest BCUT2D eigenvalue weighted by Gasteiger charge is 2.63. The van der Waals surface area contributed by atoms with Gasteiger partial charge in [-0.3, -0.25) is 4.79 Å². The Bertz CT molecular complexity index is 1260. The van der Waals surface area contributed by atoms with Gasteiger partial charge in [-0.15, -0.1) is 0 Å². The number of pyridine rings is 1. The first-order chi connectivity index (χ1) is 16.6. The van der Waals surface area contributed by atoms with Crippen LogP contribution in [0.1, 0.15) is 6.42 Å². The summed E-state index contributed by atoms with van der Waals surface area (Å²) in [7, 11) is -2.58. The predicted molar refractivity (Wildman–Crippen MR) is 112 cm³/mol. The van der Waals surface area contributed by atoms with Crippen molar-refractivity contribution in [2.24, 2.45) is 0 Å². The standard InChI is InChI=1S/C20H19F7N4O4S/c1-34-19(20(25,26)27)8-13(17(32)30-10-5-6-29-14(7-10)36(2,28)33)31(9-19)12-4-3-11(21)15(22)16(12)35-18(23)24/h3-7,13,18,28H,8-9H2,1-2H3,(H,29,30,32)/t13?,19?,36-/m1/s1. The van der Waals surface area contributed by atoms with E-state index < -0.39 is 76.1 Å². The third-order valence-corrected chi connectivity index (χ3v) is 6.50. The summed E-state index contributed by atoms with van der Waals surface area (Å²) >= 11 is 0. The van der Waals surface area contributed by atoms with Gasteiger partial charge in [0, 0.05) is 31.7 Å². The van der Waals surface area contributed by atoms with Crippen molar-refractivity contribution in [2.45, 2.75) is 35.9 Å². The summed E-state index contributed by atoms with van der Waals surface area (Å²) < 4.78 is 124. The Morgan fingerprint density at radius 2 is 1.97 bits per heavy atom. The van der Waals surface area contributed by atoms with Crippen molar-refractivity contribution in [3.05, 3.63) is 42.1 Å². The summed E-state index contributed by atoms with van der Waals surface area (Å²) in [4.78, 5) is 17.5. The molecule has 0 saturated carbocycles. The Kier molecular flexibility index (Phi) is 7.41. The van der Waals surface area contributed by atoms with Crippen LogP contribution in [0.4, 0.5) is 42.1 Å². The maximum Gasteiger partial charge on any atom is 0.419 e. The molecule has 1 saturated heterocycles. The van der Waals surface area contributed by atoms with E-state index in [1.807, 2.05) is 0 Å². The van der Waals surface area contributed by atoms with E-state index in [9.17, 15) is 39.7 Å². The van der Waals surface area contributed by atoms with Crippen LogP contribution in [0.25, 0.3) is 0 Å². The number of amides is 1. The van der Waals surface area contributed by atoms with Crippen LogP contribution in [0.5, 0.6) is 5.75 Å². The van der Waals surface area contributed by atoms with Crippen LogP contribution in [0.3, 0.4) is 0 Å². The number of benzene rings is 1. The second kappa shape index (κ2) is 9.72. The van der Waals surface area contributed by atoms with Gasteiger partial charge in [0.2, 0.25) is 11.7 Å². The largest absolute Gasteiger partial charge is 0.429 e. The highest BCUT2D eigenvalue weighted by molar-refractivity contribution is 7.91. The molecule has 1 fully saturated rings. The molecule has 1 aromatic heterocycles. The Labute approximate surface area is 200 Å². The molecule has 3 rings (SSSR count). The molecular weight excluding hydrogens is 525 g/mol. The highest BCUT2D eigenvalue weighted by Crippen LogP contribution is 2.47. The summed E-state index contributed by atoms with van der Waals surface area (Å²) in [6, 6.07) is 1.68. The molecule has 2 N–H and O–H groups in total. The zero-order chi connectivity index (χ0) is 27.1. The minimum absolute atomic E-state index is 0.0805. The van der Waals surface area contributed by atoms with Crippen molar-refractivity contribution in [1.82, 2.24) is 4.98 Å². The minimum Gasteiger partial charge on any atom is -0.429 e. The lowest BCUT2D eigenvalue weighted by molar-refractivity contribution is -0.261. The van der Waals surface area contributed by atoms with Crippen molar-refractivity contribution in [2.75, 3.05) is 30.1 Å². The number of hydrogen-bond acceptors (Lipinski definition) is 7. The number of halogens is 7. The van der Waals surface area contributed by atoms with Crippen molar-refractivity contribution in [1.29, 1.82) is 4.78 Å². The molecular formula is C20H19F7N4O4S. The number of methoxy groups -OCH3 is 1. The van der Waals surface area contributed by atoms with E-state index >= 15 is 0 Å². The van der Waals surface area contributed by atoms with Crippen LogP contribution in [0.2, 0.25) is 0 Å². The number of nitrogens with one attached hydrogen (secondary N) is 2. The number of hydrogen-bond donors (Lipinski definition) is 2. The smallest absolute Gasteiger partial charge is 0.419 e. The lowest BCUT2D eigenvalue weighted by Crippen LogP contribution is -2.49. The molecule has 3 atom stereocenters. The van der Waals surface area contributed by atoms with Crippen molar-refractivity contribution in [3.8, 4) is 5.75 Å². The normalized spacial score (nSPS) is 21.9. The Balaban J connectivity index is 2.09. The number of carbonyl (C=O) groups is 1. The van der Waals surface area contributed by atoms with E-state index in [4.69, 9.17) is 9.52 Å². The van der Waals surface area contributed by atoms with Crippen LogP contribution in [-0.2, 0) is 19.3 Å². The lowest BCUT2D eigenvalue weighted by Gasteiger charge is -2.31. The van der Waals surface area contributed by atoms with Gasteiger partial charge in [-0.25, -0.2) is 18.4 Å². The molecule has 0 aliphatic carbocycles. The van der Waals surface area contributed by atoms with Gasteiger partial charge >= 0.3 is 12.8 Å². The van der Waals surface area contributed by atoms with Crippen LogP contribution in [0.15, 0.2) is 35.5 Å². The average Bonchev–Trinajstić information content (AvgIpc) is 3.18. The van der Waals surface area contributed by atoms with Crippen molar-refractivity contribution in [3.63, 3.8) is 0 Å². The van der Waals surface area contributed by atoms with E-state index in [-0.39, 0.29) is 10.7 Å². The molecule has 8 nitrogen and oxygen atoms in total. The molecule has 198 valence electrons. The number of carbonyl (C=O) groups excluding carboxylic acids is 1. The van der Waals surface area contributed by atoms with Crippen LogP contribution >= 0.6 is 0 Å². The molecule has 0 spiro atoms. The third kappa shape index (κ3) is 5.33. The first kappa shape index (κ1) is 27.4. The molecule has 0 radical (unpaired) electrons. The fourth-order valence-corrected chi connectivity index (χ4v) is 4.32. The Morgan fingerprint density at radius 3 is 2.53 bits per heavy atom. The quantitative estimate of drug-likeness (QED) is 0.508. The summed E-state index contributed by atoms with van der Waals surface area (Å²) in [5, 5.41) is 2.06. The predicted octanol–water partition coefficient (Wildman–Crippen LogP) is 4.16. The minimum atomic E-state index is -5.06. The number of ether oxygens (including phenoxy) is 2. The summed E-state index contributed by atoms with van der Waals surface area (Å²) in [6.45, 7) is -4.80. The molecule has 36 heavy (non-hydrogen) atoms. The van der Waals surface area contributed by atoms with Gasteiger partial charge in [0.1, 0.15) is 11.1 Å². The SMILES string of the molecule is COC1(C(F)(F)F)CC(C(=O)Nc2ccnc([S@](C)(=N)=O)c2)N(c2ccc(F)c(F)c2OC(F)F)C1. The highest BCUT2D eigenvalue weighted by atomic mass is 32.2. The molecule has 1 aliphatic heterocycles. The van der Waals surface area contributed by atoms with Gasteiger partial charge in [0.15, 0.2) is 17.2 Å². The second-order valence-electron chi connectivity index (χ2n) is 7.85. The van der Waals surface area contributed by atoms with Crippen molar-refractivity contribution >= 4 is 27.0 Å². The zero-order valence-corrected chi connectivity index (χ0v) is 19.4. The summed E-state index contributed by atoms with van der Waals surface area (Å²) in [6.07, 6.45) is -3.94. The molecule has 2 unspecified atom stereocenters. The number of nitrogens with zero attached hydrogens (tertiary/aromatic N) is 2. The van der Waals surface area contributed by atoms with Gasteiger partial charge in [0.25, 0.3) is 0 Å². The maximum atomic E-state index is 14.3. The summed E-state index contributed by atoms with van der Waals surface area (Å²) in [5.74, 6) is -5.99. The fourth-order valence-electron chi connectivity index (χ4n) is 3.70. The molecule has 2 aromatic rings. The second-order valence-corrected chi connectivity index (χ2v) is 9.95. The van der Waals surface area contributed by atoms with Gasteiger partial charge in [-0.2, -0.15) is 26.3 Å². The molecule has 1 amide bonds. The maximum absolute atomic E-state index is 14.3. The third-order valence-electron chi connectivity index (χ3n) is 5.48. The van der Waals surface area contributed by atoms with Gasteiger partial charge in [-0.05, 0) is 24.3 Å². The number of rotatable bonds is 7. The molecule has 16 heteroatoms. The van der Waals surface area contributed by atoms with Crippen LogP contribution < -0.4 is 15.0 Å². The Morgan fingerprint density at radius 1 is 1.31 bits per heavy atom. The molecule has 0 bridgehead atoms. The van der Waals surface area contributed by atoms with E-state index in [1.165, 1.54) is 6.07 Å². The number of aromatic nitrogens is 1.